The van der Waals surface area contributed by atoms with E-state index >= 15 is 0 Å². The predicted octanol–water partition coefficient (Wildman–Crippen LogP) is 0.522. The largest absolute Gasteiger partial charge is 0.352 e. The molecule has 40 valence electrons. The van der Waals surface area contributed by atoms with Crippen LogP contribution in [0.1, 0.15) is 12.8 Å². The molecule has 2 saturated heterocycles. The topological polar surface area (TPSA) is 18.5 Å². The lowest BCUT2D eigenvalue weighted by molar-refractivity contribution is -0.241. The first-order valence-electron chi connectivity index (χ1n) is 2.68. The highest BCUT2D eigenvalue weighted by Crippen LogP contribution is 2.30. The molecule has 1 aliphatic carbocycles. The third-order valence-corrected chi connectivity index (χ3v) is 1.66. The third kappa shape index (κ3) is 0.469. The van der Waals surface area contributed by atoms with Crippen molar-refractivity contribution in [1.29, 1.82) is 0 Å². The zero-order valence-corrected chi connectivity index (χ0v) is 4.09. The molecule has 3 fully saturated rings. The Hall–Kier alpha value is -0.0800. The van der Waals surface area contributed by atoms with E-state index in [1.807, 2.05) is 0 Å². The molecular formula is C5H8O2. The monoisotopic (exact) mass is 100 g/mol. The van der Waals surface area contributed by atoms with Crippen molar-refractivity contribution in [3.63, 3.8) is 0 Å². The van der Waals surface area contributed by atoms with Crippen LogP contribution in [0.15, 0.2) is 0 Å². The smallest absolute Gasteiger partial charge is 0.147 e. The van der Waals surface area contributed by atoms with Gasteiger partial charge in [0.05, 0.1) is 12.2 Å². The maximum atomic E-state index is 5.12. The number of rotatable bonds is 0. The van der Waals surface area contributed by atoms with Crippen LogP contribution in [-0.4, -0.2) is 19.0 Å². The van der Waals surface area contributed by atoms with E-state index in [0.29, 0.717) is 19.0 Å². The van der Waals surface area contributed by atoms with E-state index in [9.17, 15) is 0 Å². The lowest BCUT2D eigenvalue weighted by atomic mass is 9.91. The Morgan fingerprint density at radius 2 is 1.57 bits per heavy atom. The summed E-state index contributed by atoms with van der Waals surface area (Å²) in [6, 6.07) is 0. The normalized spacial score (nSPS) is 48.0. The van der Waals surface area contributed by atoms with Gasteiger partial charge in [-0.15, -0.1) is 0 Å². The van der Waals surface area contributed by atoms with E-state index in [4.69, 9.17) is 9.47 Å². The van der Waals surface area contributed by atoms with E-state index in [1.54, 1.807) is 0 Å². The van der Waals surface area contributed by atoms with Gasteiger partial charge in [-0.05, 0) is 0 Å². The molecule has 0 atom stereocenters. The second-order valence-electron chi connectivity index (χ2n) is 2.17. The maximum absolute atomic E-state index is 5.12. The minimum Gasteiger partial charge on any atom is -0.352 e. The molecule has 2 heteroatoms. The molecule has 7 heavy (non-hydrogen) atoms. The quantitative estimate of drug-likeness (QED) is 0.442. The van der Waals surface area contributed by atoms with Crippen molar-refractivity contribution in [3.05, 3.63) is 0 Å². The fourth-order valence-electron chi connectivity index (χ4n) is 1.02. The predicted molar refractivity (Wildman–Crippen MR) is 23.8 cm³/mol. The minimum absolute atomic E-state index is 0.537. The fraction of sp³-hybridized carbons (Fsp3) is 1.00. The van der Waals surface area contributed by atoms with Gasteiger partial charge >= 0.3 is 0 Å². The van der Waals surface area contributed by atoms with E-state index in [2.05, 4.69) is 0 Å². The molecule has 0 aromatic heterocycles. The van der Waals surface area contributed by atoms with Crippen LogP contribution < -0.4 is 0 Å². The zero-order valence-electron chi connectivity index (χ0n) is 4.09. The van der Waals surface area contributed by atoms with Crippen LogP contribution in [0.3, 0.4) is 0 Å². The van der Waals surface area contributed by atoms with Crippen molar-refractivity contribution in [2.75, 3.05) is 6.79 Å². The summed E-state index contributed by atoms with van der Waals surface area (Å²) < 4.78 is 10.2. The second kappa shape index (κ2) is 1.20. The van der Waals surface area contributed by atoms with Gasteiger partial charge in [-0.1, -0.05) is 0 Å². The Kier molecular flexibility index (Phi) is 0.664. The minimum atomic E-state index is 0.537. The standard InChI is InChI=1S/C5H8O2/c1-4-2-5(1)7-3-6-4/h4-5H,1-3H2. The summed E-state index contributed by atoms with van der Waals surface area (Å²) in [5.41, 5.74) is 0. The Morgan fingerprint density at radius 1 is 1.00 bits per heavy atom. The first-order chi connectivity index (χ1) is 3.45. The molecule has 0 amide bonds. The van der Waals surface area contributed by atoms with Gasteiger partial charge < -0.3 is 9.47 Å². The molecule has 0 N–H and O–H groups in total. The van der Waals surface area contributed by atoms with Crippen LogP contribution in [0, 0.1) is 0 Å². The number of hydrogen-bond donors (Lipinski definition) is 0. The van der Waals surface area contributed by atoms with Gasteiger partial charge in [0, 0.05) is 12.8 Å². The van der Waals surface area contributed by atoms with Gasteiger partial charge in [0.25, 0.3) is 0 Å². The molecular weight excluding hydrogens is 92.1 g/mol. The molecule has 0 unspecified atom stereocenters. The van der Waals surface area contributed by atoms with E-state index < -0.39 is 0 Å². The van der Waals surface area contributed by atoms with E-state index in [0.717, 1.165) is 12.8 Å². The summed E-state index contributed by atoms with van der Waals surface area (Å²) in [5.74, 6) is 0. The van der Waals surface area contributed by atoms with Crippen molar-refractivity contribution >= 4 is 0 Å². The average molecular weight is 100 g/mol. The van der Waals surface area contributed by atoms with Gasteiger partial charge in [0.1, 0.15) is 6.79 Å². The summed E-state index contributed by atoms with van der Waals surface area (Å²) in [4.78, 5) is 0. The molecule has 0 radical (unpaired) electrons. The van der Waals surface area contributed by atoms with Crippen LogP contribution in [0.4, 0.5) is 0 Å². The molecule has 1 saturated carbocycles. The number of ether oxygens (including phenoxy) is 2. The van der Waals surface area contributed by atoms with Gasteiger partial charge in [0.15, 0.2) is 0 Å². The van der Waals surface area contributed by atoms with Crippen molar-refractivity contribution in [3.8, 4) is 0 Å². The van der Waals surface area contributed by atoms with Gasteiger partial charge in [0.2, 0.25) is 0 Å². The SMILES string of the molecule is C1OC2CC(C2)O1. The third-order valence-electron chi connectivity index (χ3n) is 1.66. The number of hydrogen-bond acceptors (Lipinski definition) is 2. The average Bonchev–Trinajstić information content (AvgIpc) is 1.67. The molecule has 3 aliphatic rings. The van der Waals surface area contributed by atoms with Crippen LogP contribution in [0.5, 0.6) is 0 Å². The maximum Gasteiger partial charge on any atom is 0.147 e. The van der Waals surface area contributed by atoms with E-state index in [-0.39, 0.29) is 0 Å². The Morgan fingerprint density at radius 3 is 1.71 bits per heavy atom. The molecule has 2 heterocycles. The Bertz CT molecular complexity index is 62.6. The van der Waals surface area contributed by atoms with Crippen LogP contribution in [0.2, 0.25) is 0 Å². The lowest BCUT2D eigenvalue weighted by Gasteiger charge is -2.40. The molecule has 3 rings (SSSR count). The molecule has 2 nitrogen and oxygen atoms in total. The Balaban J connectivity index is 1.99. The lowest BCUT2D eigenvalue weighted by Crippen LogP contribution is -2.43. The van der Waals surface area contributed by atoms with Crippen molar-refractivity contribution in [2.45, 2.75) is 25.0 Å². The van der Waals surface area contributed by atoms with Crippen molar-refractivity contribution < 1.29 is 9.47 Å². The van der Waals surface area contributed by atoms with Gasteiger partial charge in [-0.2, -0.15) is 0 Å². The first-order valence-corrected chi connectivity index (χ1v) is 2.68. The zero-order chi connectivity index (χ0) is 4.69. The fourth-order valence-corrected chi connectivity index (χ4v) is 1.02. The summed E-state index contributed by atoms with van der Waals surface area (Å²) in [6.07, 6.45) is 3.39. The summed E-state index contributed by atoms with van der Waals surface area (Å²) >= 11 is 0. The summed E-state index contributed by atoms with van der Waals surface area (Å²) in [7, 11) is 0. The summed E-state index contributed by atoms with van der Waals surface area (Å²) in [6.45, 7) is 0.537. The highest BCUT2D eigenvalue weighted by molar-refractivity contribution is 4.82. The Labute approximate surface area is 42.4 Å². The highest BCUT2D eigenvalue weighted by Gasteiger charge is 2.34. The molecule has 0 aromatic rings. The number of fused-ring (bicyclic) bond motifs is 2. The first kappa shape index (κ1) is 3.87. The molecule has 2 aliphatic heterocycles. The van der Waals surface area contributed by atoms with Crippen molar-refractivity contribution in [2.24, 2.45) is 0 Å². The van der Waals surface area contributed by atoms with Crippen LogP contribution in [0.25, 0.3) is 0 Å². The van der Waals surface area contributed by atoms with Crippen LogP contribution in [-0.2, 0) is 9.47 Å². The summed E-state index contributed by atoms with van der Waals surface area (Å²) in [5, 5.41) is 0. The molecule has 2 bridgehead atoms. The highest BCUT2D eigenvalue weighted by atomic mass is 16.7. The van der Waals surface area contributed by atoms with Crippen LogP contribution >= 0.6 is 0 Å². The van der Waals surface area contributed by atoms with E-state index in [1.165, 1.54) is 0 Å². The van der Waals surface area contributed by atoms with Gasteiger partial charge in [-0.25, -0.2) is 0 Å². The molecule has 0 aromatic carbocycles. The van der Waals surface area contributed by atoms with Gasteiger partial charge in [-0.3, -0.25) is 0 Å². The van der Waals surface area contributed by atoms with Crippen molar-refractivity contribution in [1.82, 2.24) is 0 Å². The molecule has 0 spiro atoms. The second-order valence-corrected chi connectivity index (χ2v) is 2.17.